The lowest BCUT2D eigenvalue weighted by Crippen LogP contribution is -2.49. The van der Waals surface area contributed by atoms with Gasteiger partial charge in [0.25, 0.3) is 0 Å². The fraction of sp³-hybridized carbons (Fsp3) is 0.379. The van der Waals surface area contributed by atoms with Crippen LogP contribution in [0.25, 0.3) is 0 Å². The van der Waals surface area contributed by atoms with Gasteiger partial charge in [0, 0.05) is 30.1 Å². The number of carbonyl (C=O) groups is 3. The predicted molar refractivity (Wildman–Crippen MR) is 146 cm³/mol. The highest BCUT2D eigenvalue weighted by Gasteiger charge is 2.34. The van der Waals surface area contributed by atoms with E-state index in [9.17, 15) is 14.4 Å². The fourth-order valence-electron chi connectivity index (χ4n) is 3.93. The minimum atomic E-state index is -0.976. The van der Waals surface area contributed by atoms with Crippen molar-refractivity contribution in [2.75, 3.05) is 17.3 Å². The van der Waals surface area contributed by atoms with Gasteiger partial charge >= 0.3 is 0 Å². The number of rotatable bonds is 9. The first-order chi connectivity index (χ1) is 17.9. The van der Waals surface area contributed by atoms with E-state index in [0.717, 1.165) is 11.1 Å². The number of aromatic nitrogens is 1. The van der Waals surface area contributed by atoms with Crippen molar-refractivity contribution in [3.63, 3.8) is 0 Å². The Hall–Kier alpha value is -4.14. The van der Waals surface area contributed by atoms with Crippen LogP contribution in [0.5, 0.6) is 5.75 Å². The van der Waals surface area contributed by atoms with Crippen LogP contribution in [0.2, 0.25) is 0 Å². The molecule has 1 atom stereocenters. The zero-order valence-corrected chi connectivity index (χ0v) is 23.0. The molecule has 0 aliphatic carbocycles. The highest BCUT2D eigenvalue weighted by Crippen LogP contribution is 2.32. The van der Waals surface area contributed by atoms with Crippen molar-refractivity contribution >= 4 is 29.2 Å². The number of benzene rings is 2. The van der Waals surface area contributed by atoms with Gasteiger partial charge in [0.05, 0.1) is 7.11 Å². The molecular weight excluding hydrogens is 484 g/mol. The van der Waals surface area contributed by atoms with Crippen molar-refractivity contribution in [3.8, 4) is 5.75 Å². The maximum absolute atomic E-state index is 13.8. The molecule has 0 saturated carbocycles. The number of anilines is 2. The second-order valence-corrected chi connectivity index (χ2v) is 10.3. The molecule has 2 aromatic carbocycles. The second-order valence-electron chi connectivity index (χ2n) is 10.3. The van der Waals surface area contributed by atoms with Crippen LogP contribution >= 0.6 is 0 Å². The van der Waals surface area contributed by atoms with Gasteiger partial charge < -0.3 is 19.9 Å². The van der Waals surface area contributed by atoms with Gasteiger partial charge in [-0.3, -0.25) is 19.3 Å². The SMILES string of the molecule is COc1ccc([C@H](C(=O)NC(C)(C)C)N(C(=O)CCC(=O)Nc2cc(C)on2)c2ccc(C)c(C)c2)cc1. The summed E-state index contributed by atoms with van der Waals surface area (Å²) >= 11 is 0. The van der Waals surface area contributed by atoms with Gasteiger partial charge in [-0.05, 0) is 82.5 Å². The van der Waals surface area contributed by atoms with Crippen molar-refractivity contribution < 1.29 is 23.6 Å². The van der Waals surface area contributed by atoms with Crippen molar-refractivity contribution in [1.82, 2.24) is 10.5 Å². The van der Waals surface area contributed by atoms with E-state index in [2.05, 4.69) is 15.8 Å². The number of amides is 3. The highest BCUT2D eigenvalue weighted by molar-refractivity contribution is 6.03. The third-order valence-corrected chi connectivity index (χ3v) is 5.94. The first kappa shape index (κ1) is 28.4. The van der Waals surface area contributed by atoms with Gasteiger partial charge in [-0.1, -0.05) is 23.4 Å². The van der Waals surface area contributed by atoms with Crippen molar-refractivity contribution in [1.29, 1.82) is 0 Å². The Kier molecular flexibility index (Phi) is 8.93. The highest BCUT2D eigenvalue weighted by atomic mass is 16.5. The summed E-state index contributed by atoms with van der Waals surface area (Å²) in [6.45, 7) is 11.3. The van der Waals surface area contributed by atoms with Crippen LogP contribution < -0.4 is 20.3 Å². The summed E-state index contributed by atoms with van der Waals surface area (Å²) in [5, 5.41) is 9.41. The maximum Gasteiger partial charge on any atom is 0.248 e. The molecule has 0 unspecified atom stereocenters. The molecule has 3 amide bonds. The van der Waals surface area contributed by atoms with Gasteiger partial charge in [0.2, 0.25) is 17.7 Å². The lowest BCUT2D eigenvalue weighted by Gasteiger charge is -2.34. The molecule has 0 aliphatic rings. The molecule has 3 aromatic rings. The lowest BCUT2D eigenvalue weighted by molar-refractivity contribution is -0.128. The molecule has 0 fully saturated rings. The second kappa shape index (κ2) is 11.9. The van der Waals surface area contributed by atoms with E-state index in [1.165, 1.54) is 4.90 Å². The summed E-state index contributed by atoms with van der Waals surface area (Å²) in [4.78, 5) is 41.6. The standard InChI is InChI=1S/C29H36N4O5/c1-18-8-11-22(16-19(18)2)33(26(35)15-14-25(34)30-24-17-20(3)38-32-24)27(28(36)31-29(4,5)6)21-9-12-23(37-7)13-10-21/h8-13,16-17,27H,14-15H2,1-7H3,(H,31,36)(H,30,32,34)/t27-/m1/s1. The molecule has 202 valence electrons. The summed E-state index contributed by atoms with van der Waals surface area (Å²) in [5.41, 5.74) is 2.68. The molecule has 1 aromatic heterocycles. The Balaban J connectivity index is 1.99. The number of aryl methyl sites for hydroxylation is 3. The Morgan fingerprint density at radius 1 is 0.974 bits per heavy atom. The summed E-state index contributed by atoms with van der Waals surface area (Å²) in [5.74, 6) is 0.386. The normalized spacial score (nSPS) is 12.0. The number of hydrogen-bond acceptors (Lipinski definition) is 6. The van der Waals surface area contributed by atoms with Gasteiger partial charge in [-0.2, -0.15) is 0 Å². The topological polar surface area (TPSA) is 114 Å². The quantitative estimate of drug-likeness (QED) is 0.410. The van der Waals surface area contributed by atoms with E-state index < -0.39 is 11.6 Å². The van der Waals surface area contributed by atoms with Crippen LogP contribution in [0.3, 0.4) is 0 Å². The molecule has 9 nitrogen and oxygen atoms in total. The number of methoxy groups -OCH3 is 1. The molecule has 0 radical (unpaired) electrons. The van der Waals surface area contributed by atoms with Gasteiger partial charge in [-0.15, -0.1) is 0 Å². The molecule has 9 heteroatoms. The van der Waals surface area contributed by atoms with E-state index in [0.29, 0.717) is 22.8 Å². The predicted octanol–water partition coefficient (Wildman–Crippen LogP) is 5.02. The third kappa shape index (κ3) is 7.44. The van der Waals surface area contributed by atoms with E-state index in [-0.39, 0.29) is 36.4 Å². The number of nitrogens with zero attached hydrogens (tertiary/aromatic N) is 2. The van der Waals surface area contributed by atoms with E-state index in [1.54, 1.807) is 44.4 Å². The molecule has 0 saturated heterocycles. The smallest absolute Gasteiger partial charge is 0.248 e. The van der Waals surface area contributed by atoms with Crippen LogP contribution in [0.1, 0.15) is 62.1 Å². The van der Waals surface area contributed by atoms with Crippen LogP contribution in [0.15, 0.2) is 53.1 Å². The van der Waals surface area contributed by atoms with Crippen molar-refractivity contribution in [3.05, 3.63) is 71.0 Å². The molecule has 0 bridgehead atoms. The number of nitrogens with one attached hydrogen (secondary N) is 2. The molecule has 3 rings (SSSR count). The van der Waals surface area contributed by atoms with Gasteiger partial charge in [-0.25, -0.2) is 0 Å². The Bertz CT molecular complexity index is 1290. The van der Waals surface area contributed by atoms with Crippen molar-refractivity contribution in [2.24, 2.45) is 0 Å². The number of ether oxygens (including phenoxy) is 1. The molecule has 2 N–H and O–H groups in total. The Labute approximate surface area is 223 Å². The summed E-state index contributed by atoms with van der Waals surface area (Å²) < 4.78 is 10.3. The lowest BCUT2D eigenvalue weighted by atomic mass is 9.99. The molecule has 0 spiro atoms. The average molecular weight is 521 g/mol. The largest absolute Gasteiger partial charge is 0.497 e. The van der Waals surface area contributed by atoms with Crippen LogP contribution in [-0.4, -0.2) is 35.5 Å². The Morgan fingerprint density at radius 2 is 1.66 bits per heavy atom. The van der Waals surface area contributed by atoms with E-state index in [4.69, 9.17) is 9.26 Å². The fourth-order valence-corrected chi connectivity index (χ4v) is 3.93. The third-order valence-electron chi connectivity index (χ3n) is 5.94. The Morgan fingerprint density at radius 3 is 2.21 bits per heavy atom. The van der Waals surface area contributed by atoms with E-state index in [1.807, 2.05) is 52.8 Å². The van der Waals surface area contributed by atoms with Gasteiger partial charge in [0.15, 0.2) is 5.82 Å². The zero-order chi connectivity index (χ0) is 28.0. The van der Waals surface area contributed by atoms with Crippen LogP contribution in [0, 0.1) is 20.8 Å². The molecular formula is C29H36N4O5. The molecule has 1 heterocycles. The minimum Gasteiger partial charge on any atom is -0.497 e. The molecule has 38 heavy (non-hydrogen) atoms. The average Bonchev–Trinajstić information content (AvgIpc) is 3.26. The minimum absolute atomic E-state index is 0.0949. The van der Waals surface area contributed by atoms with Crippen LogP contribution in [0.4, 0.5) is 11.5 Å². The monoisotopic (exact) mass is 520 g/mol. The molecule has 0 aliphatic heterocycles. The van der Waals surface area contributed by atoms with Crippen LogP contribution in [-0.2, 0) is 14.4 Å². The van der Waals surface area contributed by atoms with E-state index >= 15 is 0 Å². The first-order valence-corrected chi connectivity index (χ1v) is 12.5. The maximum atomic E-state index is 13.8. The number of carbonyl (C=O) groups excluding carboxylic acids is 3. The van der Waals surface area contributed by atoms with Crippen molar-refractivity contribution in [2.45, 2.75) is 66.0 Å². The number of hydrogen-bond donors (Lipinski definition) is 2. The van der Waals surface area contributed by atoms with Gasteiger partial charge in [0.1, 0.15) is 17.6 Å². The first-order valence-electron chi connectivity index (χ1n) is 12.5. The summed E-state index contributed by atoms with van der Waals surface area (Å²) in [6, 6.07) is 13.3. The summed E-state index contributed by atoms with van der Waals surface area (Å²) in [6.07, 6.45) is -0.215. The summed E-state index contributed by atoms with van der Waals surface area (Å²) in [7, 11) is 1.56. The zero-order valence-electron chi connectivity index (χ0n) is 23.0.